The van der Waals surface area contributed by atoms with Gasteiger partial charge in [0.05, 0.1) is 0 Å². The smallest absolute Gasteiger partial charge is 0.220 e. The first-order valence-corrected chi connectivity index (χ1v) is 7.85. The molecule has 1 unspecified atom stereocenters. The molecule has 0 fully saturated rings. The summed E-state index contributed by atoms with van der Waals surface area (Å²) in [7, 11) is 0. The highest BCUT2D eigenvalue weighted by Gasteiger charge is 2.04. The molecule has 1 atom stereocenters. The summed E-state index contributed by atoms with van der Waals surface area (Å²) >= 11 is 0. The summed E-state index contributed by atoms with van der Waals surface area (Å²) in [6.07, 6.45) is 11.9. The highest BCUT2D eigenvalue weighted by Crippen LogP contribution is 2.10. The third kappa shape index (κ3) is 13.6. The lowest BCUT2D eigenvalue weighted by molar-refractivity contribution is -0.121. The second-order valence-electron chi connectivity index (χ2n) is 5.40. The van der Waals surface area contributed by atoms with Crippen molar-refractivity contribution in [2.75, 3.05) is 6.54 Å². The molecule has 0 aromatic rings. The average molecular weight is 271 g/mol. The molecule has 1 amide bonds. The summed E-state index contributed by atoms with van der Waals surface area (Å²) in [5.74, 6) is 0.0608. The molecule has 2 N–H and O–H groups in total. The van der Waals surface area contributed by atoms with Crippen LogP contribution in [0.5, 0.6) is 0 Å². The van der Waals surface area contributed by atoms with Crippen LogP contribution in [0.15, 0.2) is 0 Å². The second-order valence-corrected chi connectivity index (χ2v) is 5.40. The van der Waals surface area contributed by atoms with Crippen LogP contribution in [0, 0.1) is 5.21 Å². The fourth-order valence-corrected chi connectivity index (χ4v) is 2.12. The standard InChI is InChI=1S/C15H31N2O2/c1-3-4-5-6-7-8-9-10-11-12-15(18)17-14(2)13-16-19/h14,16H,3-13H2,1-2H3,(H,17,18)/q-1. The van der Waals surface area contributed by atoms with Crippen molar-refractivity contribution in [2.45, 2.75) is 84.1 Å². The van der Waals surface area contributed by atoms with E-state index in [0.717, 1.165) is 12.8 Å². The van der Waals surface area contributed by atoms with E-state index in [-0.39, 0.29) is 18.5 Å². The first kappa shape index (κ1) is 18.4. The zero-order chi connectivity index (χ0) is 14.3. The van der Waals surface area contributed by atoms with Crippen LogP contribution >= 0.6 is 0 Å². The molecule has 0 aliphatic rings. The number of unbranched alkanes of at least 4 members (excludes halogenated alkanes) is 8. The van der Waals surface area contributed by atoms with Gasteiger partial charge in [-0.1, -0.05) is 58.3 Å². The predicted octanol–water partition coefficient (Wildman–Crippen LogP) is 3.50. The highest BCUT2D eigenvalue weighted by atomic mass is 16.5. The van der Waals surface area contributed by atoms with E-state index < -0.39 is 0 Å². The zero-order valence-corrected chi connectivity index (χ0v) is 12.7. The molecular weight excluding hydrogens is 240 g/mol. The van der Waals surface area contributed by atoms with Gasteiger partial charge >= 0.3 is 0 Å². The van der Waals surface area contributed by atoms with Gasteiger partial charge in [-0.3, -0.25) is 4.79 Å². The van der Waals surface area contributed by atoms with Crippen LogP contribution in [0.2, 0.25) is 0 Å². The fraction of sp³-hybridized carbons (Fsp3) is 0.933. The lowest BCUT2D eigenvalue weighted by atomic mass is 10.1. The zero-order valence-electron chi connectivity index (χ0n) is 12.7. The quantitative estimate of drug-likeness (QED) is 0.398. The van der Waals surface area contributed by atoms with Crippen molar-refractivity contribution in [3.8, 4) is 0 Å². The summed E-state index contributed by atoms with van der Waals surface area (Å²) in [5, 5.41) is 13.0. The number of carbonyl (C=O) groups is 1. The van der Waals surface area contributed by atoms with Crippen molar-refractivity contribution in [3.63, 3.8) is 0 Å². The van der Waals surface area contributed by atoms with Gasteiger partial charge in [0.2, 0.25) is 5.91 Å². The number of hydrogen-bond acceptors (Lipinski definition) is 3. The van der Waals surface area contributed by atoms with Crippen LogP contribution in [0.25, 0.3) is 0 Å². The van der Waals surface area contributed by atoms with Gasteiger partial charge in [0.15, 0.2) is 0 Å². The van der Waals surface area contributed by atoms with Gasteiger partial charge in [-0.25, -0.2) is 0 Å². The summed E-state index contributed by atoms with van der Waals surface area (Å²) < 4.78 is 0. The van der Waals surface area contributed by atoms with E-state index >= 15 is 0 Å². The Labute approximate surface area is 118 Å². The van der Waals surface area contributed by atoms with Crippen LogP contribution in [0.1, 0.15) is 78.1 Å². The minimum absolute atomic E-state index is 0.0608. The first-order chi connectivity index (χ1) is 9.20. The molecular formula is C15H31N2O2-. The van der Waals surface area contributed by atoms with Crippen molar-refractivity contribution in [1.29, 1.82) is 0 Å². The van der Waals surface area contributed by atoms with Crippen molar-refractivity contribution >= 4 is 5.91 Å². The van der Waals surface area contributed by atoms with Gasteiger partial charge < -0.3 is 16.0 Å². The largest absolute Gasteiger partial charge is 0.788 e. The van der Waals surface area contributed by atoms with E-state index in [2.05, 4.69) is 12.2 Å². The van der Waals surface area contributed by atoms with Gasteiger partial charge in [-0.15, -0.1) is 0 Å². The van der Waals surface area contributed by atoms with Crippen LogP contribution < -0.4 is 10.8 Å². The third-order valence-corrected chi connectivity index (χ3v) is 3.30. The molecule has 0 heterocycles. The molecule has 0 saturated heterocycles. The topological polar surface area (TPSA) is 64.2 Å². The Morgan fingerprint density at radius 3 is 2.05 bits per heavy atom. The monoisotopic (exact) mass is 271 g/mol. The molecule has 114 valence electrons. The third-order valence-electron chi connectivity index (χ3n) is 3.30. The Kier molecular flexibility index (Phi) is 13.4. The Bertz CT molecular complexity index is 210. The maximum atomic E-state index is 11.5. The van der Waals surface area contributed by atoms with Gasteiger partial charge in [0, 0.05) is 19.0 Å². The van der Waals surface area contributed by atoms with Crippen LogP contribution in [0.4, 0.5) is 0 Å². The number of hydroxylamine groups is 1. The molecule has 0 spiro atoms. The maximum absolute atomic E-state index is 11.5. The summed E-state index contributed by atoms with van der Waals surface area (Å²) in [4.78, 5) is 11.5. The van der Waals surface area contributed by atoms with Crippen molar-refractivity contribution in [1.82, 2.24) is 10.8 Å². The first-order valence-electron chi connectivity index (χ1n) is 7.85. The molecule has 0 radical (unpaired) electrons. The van der Waals surface area contributed by atoms with Crippen molar-refractivity contribution in [2.24, 2.45) is 0 Å². The Morgan fingerprint density at radius 2 is 1.53 bits per heavy atom. The minimum Gasteiger partial charge on any atom is -0.788 e. The summed E-state index contributed by atoms with van der Waals surface area (Å²) in [6.45, 7) is 4.35. The van der Waals surface area contributed by atoms with Gasteiger partial charge in [0.25, 0.3) is 0 Å². The number of carbonyl (C=O) groups excluding carboxylic acids is 1. The number of nitrogens with one attached hydrogen (secondary N) is 2. The van der Waals surface area contributed by atoms with Crippen molar-refractivity contribution in [3.05, 3.63) is 5.21 Å². The highest BCUT2D eigenvalue weighted by molar-refractivity contribution is 5.76. The lowest BCUT2D eigenvalue weighted by Crippen LogP contribution is -2.38. The minimum atomic E-state index is -0.0800. The summed E-state index contributed by atoms with van der Waals surface area (Å²) in [5.41, 5.74) is 1.81. The number of amides is 1. The molecule has 4 nitrogen and oxygen atoms in total. The van der Waals surface area contributed by atoms with E-state index in [4.69, 9.17) is 0 Å². The Balaban J connectivity index is 3.23. The molecule has 0 aromatic heterocycles. The van der Waals surface area contributed by atoms with E-state index in [9.17, 15) is 10.0 Å². The molecule has 0 aliphatic heterocycles. The van der Waals surface area contributed by atoms with Crippen LogP contribution in [-0.4, -0.2) is 18.5 Å². The summed E-state index contributed by atoms with van der Waals surface area (Å²) in [6, 6.07) is -0.0800. The molecule has 0 bridgehead atoms. The molecule has 0 aliphatic carbocycles. The van der Waals surface area contributed by atoms with Crippen LogP contribution in [-0.2, 0) is 4.79 Å². The van der Waals surface area contributed by atoms with E-state index in [1.54, 1.807) is 0 Å². The average Bonchev–Trinajstić information content (AvgIpc) is 2.37. The van der Waals surface area contributed by atoms with E-state index in [1.807, 2.05) is 12.4 Å². The number of rotatable bonds is 13. The van der Waals surface area contributed by atoms with E-state index in [0.29, 0.717) is 6.42 Å². The predicted molar refractivity (Wildman–Crippen MR) is 80.8 cm³/mol. The second kappa shape index (κ2) is 13.8. The molecule has 19 heavy (non-hydrogen) atoms. The lowest BCUT2D eigenvalue weighted by Gasteiger charge is -2.16. The van der Waals surface area contributed by atoms with Gasteiger partial charge in [-0.05, 0) is 13.3 Å². The molecule has 4 heteroatoms. The van der Waals surface area contributed by atoms with Crippen molar-refractivity contribution < 1.29 is 4.79 Å². The fourth-order valence-electron chi connectivity index (χ4n) is 2.12. The van der Waals surface area contributed by atoms with Gasteiger partial charge in [0.1, 0.15) is 0 Å². The normalized spacial score (nSPS) is 12.4. The van der Waals surface area contributed by atoms with Crippen LogP contribution in [0.3, 0.4) is 0 Å². The molecule has 0 aromatic carbocycles. The Morgan fingerprint density at radius 1 is 1.00 bits per heavy atom. The molecule has 0 saturated carbocycles. The maximum Gasteiger partial charge on any atom is 0.220 e. The SMILES string of the molecule is CCCCCCCCCCCC(=O)NC(C)CN[O-]. The van der Waals surface area contributed by atoms with E-state index in [1.165, 1.54) is 44.9 Å². The molecule has 0 rings (SSSR count). The Hall–Kier alpha value is -0.610. The number of hydrogen-bond donors (Lipinski definition) is 2. The van der Waals surface area contributed by atoms with Gasteiger partial charge in [-0.2, -0.15) is 0 Å².